The summed E-state index contributed by atoms with van der Waals surface area (Å²) in [5.74, 6) is 1.11. The fraction of sp³-hybridized carbons (Fsp3) is 0.556. The zero-order chi connectivity index (χ0) is 14.8. The molecular weight excluding hydrogens is 260 g/mol. The minimum absolute atomic E-state index is 0.586. The Morgan fingerprint density at radius 3 is 2.81 bits per heavy atom. The molecule has 0 aliphatic heterocycles. The van der Waals surface area contributed by atoms with Crippen LogP contribution in [0.25, 0.3) is 11.0 Å². The van der Waals surface area contributed by atoms with Gasteiger partial charge in [-0.2, -0.15) is 0 Å². The Hall–Kier alpha value is -1.32. The normalized spacial score (nSPS) is 16.8. The van der Waals surface area contributed by atoms with Gasteiger partial charge in [-0.15, -0.1) is 0 Å². The lowest BCUT2D eigenvalue weighted by Crippen LogP contribution is -2.28. The summed E-state index contributed by atoms with van der Waals surface area (Å²) >= 11 is 0. The van der Waals surface area contributed by atoms with Crippen LogP contribution >= 0.6 is 0 Å². The summed E-state index contributed by atoms with van der Waals surface area (Å²) in [5.41, 5.74) is 2.36. The molecule has 1 fully saturated rings. The number of furan rings is 1. The molecule has 1 N–H and O–H groups in total. The van der Waals surface area contributed by atoms with Crippen molar-refractivity contribution in [2.45, 2.75) is 58.3 Å². The predicted molar refractivity (Wildman–Crippen MR) is 87.3 cm³/mol. The largest absolute Gasteiger partial charge is 0.459 e. The monoisotopic (exact) mass is 286 g/mol. The van der Waals surface area contributed by atoms with Crippen molar-refractivity contribution < 1.29 is 4.42 Å². The SMILES string of the molecule is CCC(C)N(C)Cc1c(CNC2CC2)oc2ccccc12. The van der Waals surface area contributed by atoms with Crippen molar-refractivity contribution in [3.8, 4) is 0 Å². The van der Waals surface area contributed by atoms with Crippen molar-refractivity contribution in [2.24, 2.45) is 0 Å². The zero-order valence-electron chi connectivity index (χ0n) is 13.4. The maximum atomic E-state index is 6.10. The van der Waals surface area contributed by atoms with E-state index in [-0.39, 0.29) is 0 Å². The van der Waals surface area contributed by atoms with Crippen LogP contribution in [0.3, 0.4) is 0 Å². The van der Waals surface area contributed by atoms with E-state index < -0.39 is 0 Å². The molecule has 1 heterocycles. The van der Waals surface area contributed by atoms with Crippen LogP contribution in [-0.2, 0) is 13.1 Å². The number of para-hydroxylation sites is 1. The number of hydrogen-bond donors (Lipinski definition) is 1. The van der Waals surface area contributed by atoms with E-state index in [0.29, 0.717) is 12.1 Å². The summed E-state index contributed by atoms with van der Waals surface area (Å²) < 4.78 is 6.10. The minimum Gasteiger partial charge on any atom is -0.459 e. The predicted octanol–water partition coefficient (Wildman–Crippen LogP) is 3.92. The number of rotatable bonds is 7. The standard InChI is InChI=1S/C18H26N2O/c1-4-13(2)20(3)12-16-15-7-5-6-8-17(15)21-18(16)11-19-14-9-10-14/h5-8,13-14,19H,4,9-12H2,1-3H3. The molecule has 1 aliphatic rings. The van der Waals surface area contributed by atoms with Gasteiger partial charge in [-0.1, -0.05) is 25.1 Å². The molecule has 3 heteroatoms. The highest BCUT2D eigenvalue weighted by atomic mass is 16.3. The van der Waals surface area contributed by atoms with Crippen LogP contribution in [0.2, 0.25) is 0 Å². The summed E-state index contributed by atoms with van der Waals surface area (Å²) in [6.07, 6.45) is 3.78. The molecule has 1 saturated carbocycles. The summed E-state index contributed by atoms with van der Waals surface area (Å²) in [6.45, 7) is 6.32. The van der Waals surface area contributed by atoms with Crippen LogP contribution in [0.15, 0.2) is 28.7 Å². The quantitative estimate of drug-likeness (QED) is 0.836. The lowest BCUT2D eigenvalue weighted by Gasteiger charge is -2.23. The molecule has 1 unspecified atom stereocenters. The molecule has 114 valence electrons. The maximum Gasteiger partial charge on any atom is 0.134 e. The molecule has 0 bridgehead atoms. The van der Waals surface area contributed by atoms with Crippen molar-refractivity contribution in [3.05, 3.63) is 35.6 Å². The van der Waals surface area contributed by atoms with Crippen molar-refractivity contribution >= 4 is 11.0 Å². The minimum atomic E-state index is 0.586. The van der Waals surface area contributed by atoms with Crippen LogP contribution in [0.4, 0.5) is 0 Å². The van der Waals surface area contributed by atoms with Gasteiger partial charge in [0.15, 0.2) is 0 Å². The Morgan fingerprint density at radius 2 is 2.10 bits per heavy atom. The smallest absolute Gasteiger partial charge is 0.134 e. The zero-order valence-corrected chi connectivity index (χ0v) is 13.4. The van der Waals surface area contributed by atoms with Gasteiger partial charge >= 0.3 is 0 Å². The highest BCUT2D eigenvalue weighted by molar-refractivity contribution is 5.82. The molecule has 1 aromatic carbocycles. The molecule has 1 aliphatic carbocycles. The number of nitrogens with zero attached hydrogens (tertiary/aromatic N) is 1. The van der Waals surface area contributed by atoms with Crippen molar-refractivity contribution in [3.63, 3.8) is 0 Å². The molecule has 0 saturated heterocycles. The first-order valence-corrected chi connectivity index (χ1v) is 8.12. The highest BCUT2D eigenvalue weighted by Crippen LogP contribution is 2.28. The molecule has 1 atom stereocenters. The van der Waals surface area contributed by atoms with Gasteiger partial charge in [0.05, 0.1) is 6.54 Å². The Morgan fingerprint density at radius 1 is 1.33 bits per heavy atom. The average Bonchev–Trinajstić information content (AvgIpc) is 3.27. The van der Waals surface area contributed by atoms with Crippen LogP contribution in [0.5, 0.6) is 0 Å². The van der Waals surface area contributed by atoms with E-state index in [1.807, 2.05) is 6.07 Å². The fourth-order valence-electron chi connectivity index (χ4n) is 2.71. The topological polar surface area (TPSA) is 28.4 Å². The third-order valence-electron chi connectivity index (χ3n) is 4.66. The van der Waals surface area contributed by atoms with E-state index in [9.17, 15) is 0 Å². The average molecular weight is 286 g/mol. The molecule has 2 aromatic rings. The first kappa shape index (κ1) is 14.6. The second-order valence-corrected chi connectivity index (χ2v) is 6.33. The van der Waals surface area contributed by atoms with Crippen molar-refractivity contribution in [1.82, 2.24) is 10.2 Å². The van der Waals surface area contributed by atoms with Gasteiger partial charge in [0, 0.05) is 29.6 Å². The Kier molecular flexibility index (Phi) is 4.32. The third-order valence-corrected chi connectivity index (χ3v) is 4.66. The first-order valence-electron chi connectivity index (χ1n) is 8.12. The van der Waals surface area contributed by atoms with E-state index in [1.165, 1.54) is 30.2 Å². The van der Waals surface area contributed by atoms with E-state index >= 15 is 0 Å². The number of hydrogen-bond acceptors (Lipinski definition) is 3. The van der Waals surface area contributed by atoms with Crippen LogP contribution < -0.4 is 5.32 Å². The fourth-order valence-corrected chi connectivity index (χ4v) is 2.71. The molecular formula is C18H26N2O. The third kappa shape index (κ3) is 3.30. The second kappa shape index (κ2) is 6.20. The molecule has 0 spiro atoms. The van der Waals surface area contributed by atoms with E-state index in [0.717, 1.165) is 24.4 Å². The summed E-state index contributed by atoms with van der Waals surface area (Å²) in [5, 5.41) is 4.84. The first-order chi connectivity index (χ1) is 10.2. The Bertz CT molecular complexity index is 600. The van der Waals surface area contributed by atoms with Gasteiger partial charge in [0.2, 0.25) is 0 Å². The summed E-state index contributed by atoms with van der Waals surface area (Å²) in [4.78, 5) is 2.41. The second-order valence-electron chi connectivity index (χ2n) is 6.33. The molecule has 0 radical (unpaired) electrons. The maximum absolute atomic E-state index is 6.10. The molecule has 0 amide bonds. The Labute approximate surface area is 127 Å². The number of nitrogens with one attached hydrogen (secondary N) is 1. The molecule has 3 rings (SSSR count). The van der Waals surface area contributed by atoms with Crippen molar-refractivity contribution in [1.29, 1.82) is 0 Å². The van der Waals surface area contributed by atoms with Crippen LogP contribution in [0, 0.1) is 0 Å². The lowest BCUT2D eigenvalue weighted by molar-refractivity contribution is 0.242. The van der Waals surface area contributed by atoms with Gasteiger partial charge in [-0.3, -0.25) is 4.90 Å². The van der Waals surface area contributed by atoms with Gasteiger partial charge in [0.25, 0.3) is 0 Å². The van der Waals surface area contributed by atoms with Gasteiger partial charge < -0.3 is 9.73 Å². The summed E-state index contributed by atoms with van der Waals surface area (Å²) in [7, 11) is 2.20. The number of fused-ring (bicyclic) bond motifs is 1. The summed E-state index contributed by atoms with van der Waals surface area (Å²) in [6, 6.07) is 9.69. The van der Waals surface area contributed by atoms with E-state index in [1.54, 1.807) is 0 Å². The van der Waals surface area contributed by atoms with E-state index in [4.69, 9.17) is 4.42 Å². The lowest BCUT2D eigenvalue weighted by atomic mass is 10.1. The van der Waals surface area contributed by atoms with Gasteiger partial charge in [-0.05, 0) is 39.3 Å². The molecule has 3 nitrogen and oxygen atoms in total. The highest BCUT2D eigenvalue weighted by Gasteiger charge is 2.23. The van der Waals surface area contributed by atoms with Gasteiger partial charge in [-0.25, -0.2) is 0 Å². The van der Waals surface area contributed by atoms with Crippen LogP contribution in [0.1, 0.15) is 44.4 Å². The van der Waals surface area contributed by atoms with Crippen molar-refractivity contribution in [2.75, 3.05) is 7.05 Å². The molecule has 21 heavy (non-hydrogen) atoms. The van der Waals surface area contributed by atoms with Gasteiger partial charge in [0.1, 0.15) is 11.3 Å². The number of benzene rings is 1. The van der Waals surface area contributed by atoms with E-state index in [2.05, 4.69) is 49.3 Å². The van der Waals surface area contributed by atoms with Crippen LogP contribution in [-0.4, -0.2) is 24.0 Å². The Balaban J connectivity index is 1.86. The molecule has 1 aromatic heterocycles.